The Labute approximate surface area is 125 Å². The molecule has 22 heavy (non-hydrogen) atoms. The van der Waals surface area contributed by atoms with Crippen LogP contribution in [0, 0.1) is 0 Å². The van der Waals surface area contributed by atoms with Gasteiger partial charge in [0.05, 0.1) is 17.6 Å². The fourth-order valence-corrected chi connectivity index (χ4v) is 2.43. The predicted molar refractivity (Wildman–Crippen MR) is 81.4 cm³/mol. The molecule has 6 heteroatoms. The summed E-state index contributed by atoms with van der Waals surface area (Å²) in [5.74, 6) is 0.675. The summed E-state index contributed by atoms with van der Waals surface area (Å²) in [5.41, 5.74) is 2.62. The minimum Gasteiger partial charge on any atom is -0.340 e. The van der Waals surface area contributed by atoms with Crippen molar-refractivity contribution in [1.29, 1.82) is 0 Å². The predicted octanol–water partition coefficient (Wildman–Crippen LogP) is 2.43. The number of para-hydroxylation sites is 2. The zero-order chi connectivity index (χ0) is 14.9. The van der Waals surface area contributed by atoms with Gasteiger partial charge in [0.25, 0.3) is 0 Å². The minimum absolute atomic E-state index is 0.279. The Bertz CT molecular complexity index is 949. The number of H-pyrrole nitrogens is 1. The van der Waals surface area contributed by atoms with Crippen LogP contribution in [0.3, 0.4) is 0 Å². The van der Waals surface area contributed by atoms with E-state index in [1.165, 1.54) is 4.57 Å². The maximum Gasteiger partial charge on any atom is 0.442 e. The van der Waals surface area contributed by atoms with Crippen LogP contribution in [0.25, 0.3) is 22.4 Å². The third-order valence-corrected chi connectivity index (χ3v) is 3.46. The van der Waals surface area contributed by atoms with Crippen molar-refractivity contribution < 1.29 is 4.52 Å². The minimum atomic E-state index is -0.501. The molecular weight excluding hydrogens is 280 g/mol. The monoisotopic (exact) mass is 292 g/mol. The van der Waals surface area contributed by atoms with Crippen molar-refractivity contribution in [3.63, 3.8) is 0 Å². The lowest BCUT2D eigenvalue weighted by Gasteiger charge is -2.02. The Kier molecular flexibility index (Phi) is 2.86. The molecular formula is C16H12N4O2. The third-order valence-electron chi connectivity index (χ3n) is 3.46. The molecule has 2 aromatic heterocycles. The van der Waals surface area contributed by atoms with E-state index in [9.17, 15) is 4.79 Å². The molecule has 0 atom stereocenters. The summed E-state index contributed by atoms with van der Waals surface area (Å²) >= 11 is 0. The van der Waals surface area contributed by atoms with Crippen molar-refractivity contribution in [2.75, 3.05) is 0 Å². The number of benzene rings is 2. The number of fused-ring (bicyclic) bond motifs is 1. The normalized spacial score (nSPS) is 11.1. The molecule has 0 aliphatic carbocycles. The SMILES string of the molecule is O=c1onc(-c2ccccc2)n1Cc1nc2ccccc2[nH]1. The molecule has 0 unspecified atom stereocenters. The number of aromatic amines is 1. The molecule has 0 aliphatic heterocycles. The third kappa shape index (κ3) is 2.10. The Morgan fingerprint density at radius 2 is 1.82 bits per heavy atom. The number of nitrogens with zero attached hydrogens (tertiary/aromatic N) is 3. The molecule has 4 rings (SSSR count). The van der Waals surface area contributed by atoms with Gasteiger partial charge in [-0.2, -0.15) is 0 Å². The van der Waals surface area contributed by atoms with Crippen LogP contribution >= 0.6 is 0 Å². The first-order valence-electron chi connectivity index (χ1n) is 6.87. The number of hydrogen-bond acceptors (Lipinski definition) is 4. The molecule has 1 N–H and O–H groups in total. The highest BCUT2D eigenvalue weighted by atomic mass is 16.5. The maximum absolute atomic E-state index is 11.9. The van der Waals surface area contributed by atoms with Gasteiger partial charge in [0.15, 0.2) is 5.82 Å². The number of nitrogens with one attached hydrogen (secondary N) is 1. The Balaban J connectivity index is 1.77. The topological polar surface area (TPSA) is 76.7 Å². The fraction of sp³-hybridized carbons (Fsp3) is 0.0625. The van der Waals surface area contributed by atoms with Gasteiger partial charge in [0.2, 0.25) is 0 Å². The van der Waals surface area contributed by atoms with Gasteiger partial charge in [-0.1, -0.05) is 47.6 Å². The zero-order valence-electron chi connectivity index (χ0n) is 11.6. The van der Waals surface area contributed by atoms with Gasteiger partial charge in [0, 0.05) is 5.56 Å². The van der Waals surface area contributed by atoms with E-state index in [1.54, 1.807) is 0 Å². The average molecular weight is 292 g/mol. The molecule has 2 heterocycles. The molecule has 2 aromatic carbocycles. The quantitative estimate of drug-likeness (QED) is 0.629. The summed E-state index contributed by atoms with van der Waals surface area (Å²) in [5, 5.41) is 3.87. The van der Waals surface area contributed by atoms with Gasteiger partial charge in [0.1, 0.15) is 5.82 Å². The first-order valence-corrected chi connectivity index (χ1v) is 6.87. The van der Waals surface area contributed by atoms with Gasteiger partial charge in [-0.05, 0) is 12.1 Å². The second-order valence-corrected chi connectivity index (χ2v) is 4.92. The molecule has 0 saturated heterocycles. The summed E-state index contributed by atoms with van der Waals surface area (Å²) in [7, 11) is 0. The number of aromatic nitrogens is 4. The average Bonchev–Trinajstić information content (AvgIpc) is 3.12. The highest BCUT2D eigenvalue weighted by Gasteiger charge is 2.14. The smallest absolute Gasteiger partial charge is 0.340 e. The molecule has 0 radical (unpaired) electrons. The van der Waals surface area contributed by atoms with Crippen molar-refractivity contribution >= 4 is 11.0 Å². The number of imidazole rings is 1. The van der Waals surface area contributed by atoms with Crippen LogP contribution in [0.4, 0.5) is 0 Å². The largest absolute Gasteiger partial charge is 0.442 e. The van der Waals surface area contributed by atoms with Crippen LogP contribution in [0.5, 0.6) is 0 Å². The molecule has 0 bridgehead atoms. The van der Waals surface area contributed by atoms with Crippen LogP contribution < -0.4 is 5.76 Å². The first-order chi connectivity index (χ1) is 10.8. The van der Waals surface area contributed by atoms with E-state index in [0.717, 1.165) is 16.6 Å². The van der Waals surface area contributed by atoms with E-state index in [-0.39, 0.29) is 6.54 Å². The number of rotatable bonds is 3. The van der Waals surface area contributed by atoms with E-state index in [2.05, 4.69) is 15.1 Å². The molecule has 4 aromatic rings. The lowest BCUT2D eigenvalue weighted by atomic mass is 10.2. The second kappa shape index (κ2) is 5.00. The zero-order valence-corrected chi connectivity index (χ0v) is 11.6. The van der Waals surface area contributed by atoms with E-state index in [1.807, 2.05) is 54.6 Å². The summed E-state index contributed by atoms with van der Waals surface area (Å²) < 4.78 is 6.28. The molecule has 0 aliphatic rings. The van der Waals surface area contributed by atoms with Crippen molar-refractivity contribution in [3.8, 4) is 11.4 Å². The Morgan fingerprint density at radius 3 is 2.64 bits per heavy atom. The van der Waals surface area contributed by atoms with Crippen LogP contribution in [0.1, 0.15) is 5.82 Å². The standard InChI is InChI=1S/C16H12N4O2/c21-16-20(15(19-22-16)11-6-2-1-3-7-11)10-14-17-12-8-4-5-9-13(12)18-14/h1-9H,10H2,(H,17,18). The second-order valence-electron chi connectivity index (χ2n) is 4.92. The summed E-state index contributed by atoms with van der Waals surface area (Å²) in [4.78, 5) is 19.6. The highest BCUT2D eigenvalue weighted by Crippen LogP contribution is 2.17. The van der Waals surface area contributed by atoms with Crippen LogP contribution in [0.15, 0.2) is 63.9 Å². The van der Waals surface area contributed by atoms with E-state index in [4.69, 9.17) is 4.52 Å². The molecule has 0 spiro atoms. The van der Waals surface area contributed by atoms with Crippen molar-refractivity contribution in [3.05, 3.63) is 71.0 Å². The summed E-state index contributed by atoms with van der Waals surface area (Å²) in [6.45, 7) is 0.279. The van der Waals surface area contributed by atoms with Gasteiger partial charge >= 0.3 is 5.76 Å². The maximum atomic E-state index is 11.9. The Morgan fingerprint density at radius 1 is 1.05 bits per heavy atom. The fourth-order valence-electron chi connectivity index (χ4n) is 2.43. The van der Waals surface area contributed by atoms with Gasteiger partial charge in [-0.25, -0.2) is 14.3 Å². The van der Waals surface area contributed by atoms with Crippen molar-refractivity contribution in [1.82, 2.24) is 19.7 Å². The first kappa shape index (κ1) is 12.6. The summed E-state index contributed by atoms with van der Waals surface area (Å²) in [6.07, 6.45) is 0. The molecule has 108 valence electrons. The van der Waals surface area contributed by atoms with Crippen LogP contribution in [-0.2, 0) is 6.54 Å². The number of hydrogen-bond donors (Lipinski definition) is 1. The molecule has 0 saturated carbocycles. The van der Waals surface area contributed by atoms with Crippen LogP contribution in [0.2, 0.25) is 0 Å². The van der Waals surface area contributed by atoms with Crippen LogP contribution in [-0.4, -0.2) is 19.7 Å². The lowest BCUT2D eigenvalue weighted by molar-refractivity contribution is 0.377. The van der Waals surface area contributed by atoms with Gasteiger partial charge in [-0.15, -0.1) is 0 Å². The Hall–Kier alpha value is -3.15. The molecule has 0 fully saturated rings. The summed E-state index contributed by atoms with van der Waals surface area (Å²) in [6, 6.07) is 17.2. The van der Waals surface area contributed by atoms with E-state index < -0.39 is 5.76 Å². The highest BCUT2D eigenvalue weighted by molar-refractivity contribution is 5.74. The van der Waals surface area contributed by atoms with Crippen molar-refractivity contribution in [2.24, 2.45) is 0 Å². The molecule has 0 amide bonds. The lowest BCUT2D eigenvalue weighted by Crippen LogP contribution is -2.17. The molecule has 6 nitrogen and oxygen atoms in total. The van der Waals surface area contributed by atoms with Gasteiger partial charge < -0.3 is 4.98 Å². The van der Waals surface area contributed by atoms with Gasteiger partial charge in [-0.3, -0.25) is 4.52 Å². The van der Waals surface area contributed by atoms with Crippen molar-refractivity contribution in [2.45, 2.75) is 6.54 Å². The van der Waals surface area contributed by atoms with E-state index in [0.29, 0.717) is 11.6 Å². The van der Waals surface area contributed by atoms with E-state index >= 15 is 0 Å².